The van der Waals surface area contributed by atoms with E-state index in [4.69, 9.17) is 9.15 Å². The first kappa shape index (κ1) is 19.3. The van der Waals surface area contributed by atoms with Crippen molar-refractivity contribution in [2.75, 3.05) is 32.8 Å². The fourth-order valence-electron chi connectivity index (χ4n) is 4.38. The van der Waals surface area contributed by atoms with Crippen molar-refractivity contribution in [3.63, 3.8) is 0 Å². The van der Waals surface area contributed by atoms with Gasteiger partial charge in [0.15, 0.2) is 0 Å². The zero-order valence-electron chi connectivity index (χ0n) is 15.0. The lowest BCUT2D eigenvalue weighted by Crippen LogP contribution is -2.50. The molecule has 5 rings (SSSR count). The molecule has 3 aliphatic heterocycles. The number of carbonyl (C=O) groups excluding carboxylic acids is 1. The van der Waals surface area contributed by atoms with Crippen LogP contribution in [0.1, 0.15) is 11.5 Å². The van der Waals surface area contributed by atoms with Gasteiger partial charge in [-0.25, -0.2) is 13.8 Å². The second-order valence-electron chi connectivity index (χ2n) is 7.52. The first-order valence-electron chi connectivity index (χ1n) is 9.08. The average Bonchev–Trinajstić information content (AvgIpc) is 3.33. The highest BCUT2D eigenvalue weighted by atomic mass is 35.5. The number of carbonyl (C=O) groups is 1. The Hall–Kier alpha value is -2.03. The van der Waals surface area contributed by atoms with Gasteiger partial charge < -0.3 is 19.4 Å². The van der Waals surface area contributed by atoms with Crippen molar-refractivity contribution >= 4 is 18.3 Å². The lowest BCUT2D eigenvalue weighted by atomic mass is 9.79. The molecule has 0 spiro atoms. The number of fused-ring (bicyclic) bond motifs is 2. The highest BCUT2D eigenvalue weighted by Crippen LogP contribution is 2.40. The maximum absolute atomic E-state index is 13.5. The number of rotatable bonds is 2. The molecule has 9 heteroatoms. The molecule has 0 bridgehead atoms. The molecular formula is C19H20ClF2N3O3. The number of amides is 1. The van der Waals surface area contributed by atoms with E-state index in [-0.39, 0.29) is 35.7 Å². The summed E-state index contributed by atoms with van der Waals surface area (Å²) in [7, 11) is 0. The van der Waals surface area contributed by atoms with Crippen LogP contribution in [0.25, 0.3) is 11.5 Å². The molecule has 28 heavy (non-hydrogen) atoms. The molecule has 4 heterocycles. The van der Waals surface area contributed by atoms with Crippen molar-refractivity contribution in [1.29, 1.82) is 0 Å². The number of nitrogens with one attached hydrogen (secondary N) is 1. The molecule has 1 N–H and O–H groups in total. The molecule has 3 aliphatic rings. The van der Waals surface area contributed by atoms with E-state index in [1.165, 1.54) is 12.1 Å². The van der Waals surface area contributed by atoms with Crippen LogP contribution >= 0.6 is 12.4 Å². The molecular weight excluding hydrogens is 392 g/mol. The summed E-state index contributed by atoms with van der Waals surface area (Å²) in [6.07, 6.45) is 0.529. The number of oxazole rings is 1. The molecule has 2 atom stereocenters. The van der Waals surface area contributed by atoms with E-state index in [1.54, 1.807) is 4.90 Å². The van der Waals surface area contributed by atoms with Gasteiger partial charge in [-0.15, -0.1) is 12.4 Å². The summed E-state index contributed by atoms with van der Waals surface area (Å²) in [5.41, 5.74) is 0.408. The maximum Gasteiger partial charge on any atom is 0.233 e. The molecule has 0 aliphatic carbocycles. The number of hydrogen-bond donors (Lipinski definition) is 1. The molecule has 0 saturated carbocycles. The van der Waals surface area contributed by atoms with E-state index in [2.05, 4.69) is 10.3 Å². The summed E-state index contributed by atoms with van der Waals surface area (Å²) in [5, 5.41) is 3.31. The SMILES string of the molecule is Cl.O=C(N1CCc2oc(-c3cc(F)cc(F)c3)nc2C1)[C@]12CNC[C@H]1COC2. The van der Waals surface area contributed by atoms with Gasteiger partial charge in [-0.3, -0.25) is 4.79 Å². The third-order valence-electron chi connectivity index (χ3n) is 5.84. The molecule has 2 fully saturated rings. The minimum atomic E-state index is -0.682. The van der Waals surface area contributed by atoms with Crippen molar-refractivity contribution < 1.29 is 22.7 Å². The van der Waals surface area contributed by atoms with Crippen LogP contribution < -0.4 is 5.32 Å². The van der Waals surface area contributed by atoms with Crippen LogP contribution in [0.3, 0.4) is 0 Å². The van der Waals surface area contributed by atoms with Crippen LogP contribution in [0.4, 0.5) is 8.78 Å². The van der Waals surface area contributed by atoms with E-state index in [1.807, 2.05) is 0 Å². The summed E-state index contributed by atoms with van der Waals surface area (Å²) in [6, 6.07) is 3.18. The predicted octanol–water partition coefficient (Wildman–Crippen LogP) is 2.16. The summed E-state index contributed by atoms with van der Waals surface area (Å²) in [6.45, 7) is 3.35. The van der Waals surface area contributed by atoms with Crippen molar-refractivity contribution in [3.8, 4) is 11.5 Å². The zero-order valence-corrected chi connectivity index (χ0v) is 15.9. The van der Waals surface area contributed by atoms with Crippen molar-refractivity contribution in [3.05, 3.63) is 41.3 Å². The molecule has 150 valence electrons. The van der Waals surface area contributed by atoms with Gasteiger partial charge in [0.1, 0.15) is 23.1 Å². The van der Waals surface area contributed by atoms with Gasteiger partial charge in [-0.2, -0.15) is 0 Å². The van der Waals surface area contributed by atoms with Crippen LogP contribution in [0.2, 0.25) is 0 Å². The zero-order chi connectivity index (χ0) is 18.6. The Kier molecular flexibility index (Phi) is 4.89. The molecule has 2 saturated heterocycles. The highest BCUT2D eigenvalue weighted by molar-refractivity contribution is 5.85. The van der Waals surface area contributed by atoms with Gasteiger partial charge in [-0.1, -0.05) is 0 Å². The topological polar surface area (TPSA) is 67.6 Å². The average molecular weight is 412 g/mol. The fourth-order valence-corrected chi connectivity index (χ4v) is 4.38. The lowest BCUT2D eigenvalue weighted by molar-refractivity contribution is -0.143. The van der Waals surface area contributed by atoms with E-state index >= 15 is 0 Å². The molecule has 1 amide bonds. The molecule has 0 radical (unpaired) electrons. The molecule has 6 nitrogen and oxygen atoms in total. The first-order valence-corrected chi connectivity index (χ1v) is 9.08. The van der Waals surface area contributed by atoms with Crippen LogP contribution in [0.15, 0.2) is 22.6 Å². The van der Waals surface area contributed by atoms with E-state index in [0.717, 1.165) is 12.6 Å². The fraction of sp³-hybridized carbons (Fsp3) is 0.474. The highest BCUT2D eigenvalue weighted by Gasteiger charge is 2.54. The third-order valence-corrected chi connectivity index (χ3v) is 5.84. The monoisotopic (exact) mass is 411 g/mol. The van der Waals surface area contributed by atoms with E-state index in [9.17, 15) is 13.6 Å². The minimum Gasteiger partial charge on any atom is -0.441 e. The summed E-state index contributed by atoms with van der Waals surface area (Å²) in [5.74, 6) is -0.233. The van der Waals surface area contributed by atoms with Gasteiger partial charge in [0, 0.05) is 43.6 Å². The van der Waals surface area contributed by atoms with Gasteiger partial charge >= 0.3 is 0 Å². The first-order chi connectivity index (χ1) is 13.0. The quantitative estimate of drug-likeness (QED) is 0.820. The second-order valence-corrected chi connectivity index (χ2v) is 7.52. The Balaban J connectivity index is 0.00000192. The molecule has 1 aromatic heterocycles. The Morgan fingerprint density at radius 1 is 1.29 bits per heavy atom. The van der Waals surface area contributed by atoms with Crippen LogP contribution in [-0.4, -0.2) is 48.6 Å². The van der Waals surface area contributed by atoms with Crippen molar-refractivity contribution in [1.82, 2.24) is 15.2 Å². The van der Waals surface area contributed by atoms with E-state index < -0.39 is 17.0 Å². The summed E-state index contributed by atoms with van der Waals surface area (Å²) < 4.78 is 38.3. The minimum absolute atomic E-state index is 0. The maximum atomic E-state index is 13.5. The number of ether oxygens (including phenoxy) is 1. The van der Waals surface area contributed by atoms with Gasteiger partial charge in [-0.05, 0) is 12.1 Å². The smallest absolute Gasteiger partial charge is 0.233 e. The number of nitrogens with zero attached hydrogens (tertiary/aromatic N) is 2. The standard InChI is InChI=1S/C19H19F2N3O3.ClH/c20-13-3-11(4-14(21)5-13)17-23-15-7-24(2-1-16(15)27-17)18(25)19-9-22-6-12(19)8-26-10-19;/h3-5,12,22H,1-2,6-10H2;1H/t12-,19-;/m0./s1. The van der Waals surface area contributed by atoms with Crippen LogP contribution in [0, 0.1) is 23.0 Å². The summed E-state index contributed by atoms with van der Waals surface area (Å²) in [4.78, 5) is 19.4. The Bertz CT molecular complexity index is 890. The van der Waals surface area contributed by atoms with Crippen molar-refractivity contribution in [2.24, 2.45) is 11.3 Å². The molecule has 2 aromatic rings. The Morgan fingerprint density at radius 3 is 2.86 bits per heavy atom. The summed E-state index contributed by atoms with van der Waals surface area (Å²) >= 11 is 0. The van der Waals surface area contributed by atoms with Gasteiger partial charge in [0.05, 0.1) is 25.2 Å². The van der Waals surface area contributed by atoms with Crippen LogP contribution in [-0.2, 0) is 22.5 Å². The number of aromatic nitrogens is 1. The third kappa shape index (κ3) is 3.00. The van der Waals surface area contributed by atoms with E-state index in [0.29, 0.717) is 50.7 Å². The largest absolute Gasteiger partial charge is 0.441 e. The predicted molar refractivity (Wildman–Crippen MR) is 97.8 cm³/mol. The Morgan fingerprint density at radius 2 is 2.07 bits per heavy atom. The van der Waals surface area contributed by atoms with Gasteiger partial charge in [0.25, 0.3) is 0 Å². The number of benzene rings is 1. The lowest BCUT2D eigenvalue weighted by Gasteiger charge is -2.34. The molecule has 0 unspecified atom stereocenters. The Labute approximate surface area is 166 Å². The molecule has 1 aromatic carbocycles. The van der Waals surface area contributed by atoms with Crippen LogP contribution in [0.5, 0.6) is 0 Å². The number of halogens is 3. The number of hydrogen-bond acceptors (Lipinski definition) is 5. The normalized spacial score (nSPS) is 25.9. The second kappa shape index (κ2) is 7.09. The van der Waals surface area contributed by atoms with Gasteiger partial charge in [0.2, 0.25) is 11.8 Å². The van der Waals surface area contributed by atoms with Crippen molar-refractivity contribution in [2.45, 2.75) is 13.0 Å².